The lowest BCUT2D eigenvalue weighted by Gasteiger charge is -2.11. The van der Waals surface area contributed by atoms with E-state index >= 15 is 0 Å². The number of aromatic nitrogens is 1. The lowest BCUT2D eigenvalue weighted by atomic mass is 10.1. The number of nitrogens with two attached hydrogens (primary N) is 1. The summed E-state index contributed by atoms with van der Waals surface area (Å²) < 4.78 is 14.3. The van der Waals surface area contributed by atoms with Gasteiger partial charge in [-0.05, 0) is 35.4 Å². The Morgan fingerprint density at radius 3 is 2.74 bits per heavy atom. The second-order valence-corrected chi connectivity index (χ2v) is 6.31. The molecule has 0 spiro atoms. The number of aliphatic hydroxyl groups is 1. The van der Waals surface area contributed by atoms with E-state index in [2.05, 4.69) is 10.3 Å². The first kappa shape index (κ1) is 18.8. The van der Waals surface area contributed by atoms with Crippen LogP contribution >= 0.6 is 11.6 Å². The molecular weight excluding hydrogens is 369 g/mol. The van der Waals surface area contributed by atoms with E-state index in [1.54, 1.807) is 36.4 Å². The average Bonchev–Trinajstić information content (AvgIpc) is 2.66. The van der Waals surface area contributed by atoms with Crippen molar-refractivity contribution in [1.82, 2.24) is 10.3 Å². The predicted octanol–water partition coefficient (Wildman–Crippen LogP) is 3.55. The standard InChI is InChI=1S/C20H17ClFN3O2/c21-14-5-3-12(4-6-14)10-25-20(27)16-11-24-19-15(18(16)23)8-13(2-1-7-26)9-17(19)22/h1-6,8-9,11,26H,7,10H2,(H2,23,24)(H,25,27)/b2-1-. The number of nitrogens with one attached hydrogen (secondary N) is 1. The van der Waals surface area contributed by atoms with Gasteiger partial charge in [-0.15, -0.1) is 0 Å². The third-order valence-electron chi connectivity index (χ3n) is 4.02. The van der Waals surface area contributed by atoms with Crippen molar-refractivity contribution in [3.8, 4) is 0 Å². The van der Waals surface area contributed by atoms with E-state index in [9.17, 15) is 9.18 Å². The van der Waals surface area contributed by atoms with Crippen LogP contribution < -0.4 is 11.1 Å². The molecule has 0 aliphatic rings. The first-order chi connectivity index (χ1) is 13.0. The van der Waals surface area contributed by atoms with Crippen molar-refractivity contribution < 1.29 is 14.3 Å². The van der Waals surface area contributed by atoms with Crippen LogP contribution in [0.5, 0.6) is 0 Å². The maximum absolute atomic E-state index is 14.3. The second-order valence-electron chi connectivity index (χ2n) is 5.88. The number of nitrogens with zero attached hydrogens (tertiary/aromatic N) is 1. The van der Waals surface area contributed by atoms with Gasteiger partial charge < -0.3 is 16.2 Å². The first-order valence-electron chi connectivity index (χ1n) is 8.17. The van der Waals surface area contributed by atoms with Crippen LogP contribution in [0.1, 0.15) is 21.5 Å². The summed E-state index contributed by atoms with van der Waals surface area (Å²) in [7, 11) is 0. The zero-order valence-corrected chi connectivity index (χ0v) is 15.0. The summed E-state index contributed by atoms with van der Waals surface area (Å²) in [6.07, 6.45) is 4.31. The van der Waals surface area contributed by atoms with Crippen LogP contribution in [0, 0.1) is 5.82 Å². The Morgan fingerprint density at radius 2 is 2.04 bits per heavy atom. The highest BCUT2D eigenvalue weighted by Gasteiger charge is 2.15. The van der Waals surface area contributed by atoms with Crippen molar-refractivity contribution in [2.24, 2.45) is 0 Å². The van der Waals surface area contributed by atoms with Gasteiger partial charge in [-0.3, -0.25) is 9.78 Å². The number of nitrogen functional groups attached to an aromatic ring is 1. The van der Waals surface area contributed by atoms with Crippen molar-refractivity contribution in [2.75, 3.05) is 12.3 Å². The maximum Gasteiger partial charge on any atom is 0.255 e. The molecule has 3 aromatic rings. The summed E-state index contributed by atoms with van der Waals surface area (Å²) in [6.45, 7) is 0.127. The van der Waals surface area contributed by atoms with Gasteiger partial charge in [0.15, 0.2) is 0 Å². The van der Waals surface area contributed by atoms with E-state index in [1.807, 2.05) is 0 Å². The molecular formula is C20H17ClFN3O2. The minimum atomic E-state index is -0.551. The zero-order valence-electron chi connectivity index (χ0n) is 14.2. The highest BCUT2D eigenvalue weighted by molar-refractivity contribution is 6.30. The number of anilines is 1. The number of hydrogen-bond acceptors (Lipinski definition) is 4. The molecule has 0 saturated heterocycles. The Balaban J connectivity index is 1.89. The Kier molecular flexibility index (Phi) is 5.69. The Hall–Kier alpha value is -2.96. The molecule has 1 amide bonds. The topological polar surface area (TPSA) is 88.2 Å². The monoisotopic (exact) mass is 385 g/mol. The number of aliphatic hydroxyl groups excluding tert-OH is 1. The van der Waals surface area contributed by atoms with Crippen LogP contribution in [0.25, 0.3) is 17.0 Å². The van der Waals surface area contributed by atoms with Crippen LogP contribution in [0.3, 0.4) is 0 Å². The van der Waals surface area contributed by atoms with Crippen LogP contribution in [-0.2, 0) is 6.54 Å². The molecule has 0 unspecified atom stereocenters. The first-order valence-corrected chi connectivity index (χ1v) is 8.55. The predicted molar refractivity (Wildman–Crippen MR) is 105 cm³/mol. The molecule has 2 aromatic carbocycles. The second kappa shape index (κ2) is 8.16. The number of amides is 1. The molecule has 0 aliphatic heterocycles. The molecule has 0 saturated carbocycles. The number of carbonyl (C=O) groups excluding carboxylic acids is 1. The lowest BCUT2D eigenvalue weighted by Crippen LogP contribution is -2.24. The van der Waals surface area contributed by atoms with Crippen molar-refractivity contribution in [2.45, 2.75) is 6.54 Å². The molecule has 0 radical (unpaired) electrons. The molecule has 0 atom stereocenters. The van der Waals surface area contributed by atoms with Crippen molar-refractivity contribution >= 4 is 40.2 Å². The van der Waals surface area contributed by atoms with Crippen LogP contribution in [-0.4, -0.2) is 22.6 Å². The minimum absolute atomic E-state index is 0.0860. The maximum atomic E-state index is 14.3. The molecule has 5 nitrogen and oxygen atoms in total. The molecule has 1 heterocycles. The normalized spacial score (nSPS) is 11.2. The fourth-order valence-corrected chi connectivity index (χ4v) is 2.77. The third-order valence-corrected chi connectivity index (χ3v) is 4.27. The average molecular weight is 386 g/mol. The number of pyridine rings is 1. The van der Waals surface area contributed by atoms with Crippen LogP contribution in [0.15, 0.2) is 48.7 Å². The number of benzene rings is 2. The van der Waals surface area contributed by atoms with Gasteiger partial charge in [0.25, 0.3) is 5.91 Å². The van der Waals surface area contributed by atoms with Gasteiger partial charge in [-0.1, -0.05) is 35.9 Å². The smallest absolute Gasteiger partial charge is 0.255 e. The molecule has 0 bridgehead atoms. The zero-order chi connectivity index (χ0) is 19.4. The fraction of sp³-hybridized carbons (Fsp3) is 0.100. The Labute approximate surface area is 160 Å². The molecule has 4 N–H and O–H groups in total. The Bertz CT molecular complexity index is 1020. The van der Waals surface area contributed by atoms with E-state index in [0.717, 1.165) is 5.56 Å². The summed E-state index contributed by atoms with van der Waals surface area (Å²) in [5.41, 5.74) is 7.91. The third kappa shape index (κ3) is 4.24. The number of fused-ring (bicyclic) bond motifs is 1. The van der Waals surface area contributed by atoms with Gasteiger partial charge in [-0.25, -0.2) is 4.39 Å². The number of rotatable bonds is 5. The fourth-order valence-electron chi connectivity index (χ4n) is 2.65. The molecule has 0 aliphatic carbocycles. The largest absolute Gasteiger partial charge is 0.397 e. The van der Waals surface area contributed by atoms with Gasteiger partial charge in [-0.2, -0.15) is 0 Å². The molecule has 138 valence electrons. The lowest BCUT2D eigenvalue weighted by molar-refractivity contribution is 0.0951. The van der Waals surface area contributed by atoms with E-state index in [0.29, 0.717) is 22.5 Å². The van der Waals surface area contributed by atoms with E-state index in [4.69, 9.17) is 22.4 Å². The van der Waals surface area contributed by atoms with Crippen LogP contribution in [0.4, 0.5) is 10.1 Å². The number of hydrogen-bond donors (Lipinski definition) is 3. The molecule has 3 rings (SSSR count). The van der Waals surface area contributed by atoms with Crippen molar-refractivity contribution in [3.05, 3.63) is 76.2 Å². The van der Waals surface area contributed by atoms with Gasteiger partial charge in [0, 0.05) is 23.2 Å². The van der Waals surface area contributed by atoms with Crippen molar-refractivity contribution in [1.29, 1.82) is 0 Å². The quantitative estimate of drug-likeness (QED) is 0.626. The summed E-state index contributed by atoms with van der Waals surface area (Å²) in [4.78, 5) is 16.5. The van der Waals surface area contributed by atoms with Crippen LogP contribution in [0.2, 0.25) is 5.02 Å². The van der Waals surface area contributed by atoms with Gasteiger partial charge in [0.1, 0.15) is 11.3 Å². The summed E-state index contributed by atoms with van der Waals surface area (Å²) in [6, 6.07) is 10.0. The van der Waals surface area contributed by atoms with E-state index in [1.165, 1.54) is 18.3 Å². The minimum Gasteiger partial charge on any atom is -0.397 e. The highest BCUT2D eigenvalue weighted by Crippen LogP contribution is 2.27. The van der Waals surface area contributed by atoms with E-state index < -0.39 is 11.7 Å². The summed E-state index contributed by atoms with van der Waals surface area (Å²) >= 11 is 5.84. The number of halogens is 2. The summed E-state index contributed by atoms with van der Waals surface area (Å²) in [5, 5.41) is 12.6. The molecule has 27 heavy (non-hydrogen) atoms. The molecule has 1 aromatic heterocycles. The van der Waals surface area contributed by atoms with E-state index in [-0.39, 0.29) is 23.4 Å². The van der Waals surface area contributed by atoms with Gasteiger partial charge >= 0.3 is 0 Å². The number of carbonyl (C=O) groups is 1. The highest BCUT2D eigenvalue weighted by atomic mass is 35.5. The van der Waals surface area contributed by atoms with Gasteiger partial charge in [0.2, 0.25) is 0 Å². The molecule has 0 fully saturated rings. The SMILES string of the molecule is Nc1c(C(=O)NCc2ccc(Cl)cc2)cnc2c(F)cc(/C=C\CO)cc12. The summed E-state index contributed by atoms with van der Waals surface area (Å²) in [5.74, 6) is -0.960. The molecule has 7 heteroatoms. The Morgan fingerprint density at radius 1 is 1.30 bits per heavy atom. The van der Waals surface area contributed by atoms with Crippen molar-refractivity contribution in [3.63, 3.8) is 0 Å². The van der Waals surface area contributed by atoms with Gasteiger partial charge in [0.05, 0.1) is 17.9 Å².